The summed E-state index contributed by atoms with van der Waals surface area (Å²) < 4.78 is 12.6. The Balaban J connectivity index is 1.14. The first-order valence-electron chi connectivity index (χ1n) is 11.3. The van der Waals surface area contributed by atoms with Crippen molar-refractivity contribution < 1.29 is 9.47 Å². The van der Waals surface area contributed by atoms with E-state index in [4.69, 9.17) is 9.47 Å². The molecule has 1 aromatic heterocycles. The summed E-state index contributed by atoms with van der Waals surface area (Å²) in [4.78, 5) is 4.49. The second-order valence-corrected chi connectivity index (χ2v) is 9.21. The Kier molecular flexibility index (Phi) is 5.45. The van der Waals surface area contributed by atoms with Gasteiger partial charge in [0.1, 0.15) is 6.10 Å². The number of nitrogens with zero attached hydrogens (tertiary/aromatic N) is 1. The van der Waals surface area contributed by atoms with Gasteiger partial charge in [-0.25, -0.2) is 4.98 Å². The summed E-state index contributed by atoms with van der Waals surface area (Å²) in [6, 6.07) is 14.2. The maximum Gasteiger partial charge on any atom is 0.168 e. The SMILES string of the molecule is CC(Oc1cccnc1NCCOC1C2CC3CC(C2)CC1C3)c1ccccc1. The molecule has 1 unspecified atom stereocenters. The van der Waals surface area contributed by atoms with Crippen LogP contribution in [-0.2, 0) is 4.74 Å². The zero-order valence-corrected chi connectivity index (χ0v) is 17.3. The number of rotatable bonds is 8. The van der Waals surface area contributed by atoms with Crippen LogP contribution >= 0.6 is 0 Å². The van der Waals surface area contributed by atoms with Crippen molar-refractivity contribution in [2.24, 2.45) is 23.7 Å². The quantitative estimate of drug-likeness (QED) is 0.605. The minimum atomic E-state index is -0.0229. The number of ether oxygens (including phenoxy) is 2. The lowest BCUT2D eigenvalue weighted by Crippen LogP contribution is -2.49. The Hall–Kier alpha value is -2.07. The van der Waals surface area contributed by atoms with Crippen molar-refractivity contribution in [2.75, 3.05) is 18.5 Å². The van der Waals surface area contributed by atoms with Crippen LogP contribution in [0.3, 0.4) is 0 Å². The van der Waals surface area contributed by atoms with Crippen LogP contribution in [0.4, 0.5) is 5.82 Å². The van der Waals surface area contributed by atoms with Crippen LogP contribution in [0.2, 0.25) is 0 Å². The van der Waals surface area contributed by atoms with E-state index >= 15 is 0 Å². The normalized spacial score (nSPS) is 30.9. The van der Waals surface area contributed by atoms with Gasteiger partial charge in [-0.1, -0.05) is 30.3 Å². The molecule has 0 aliphatic heterocycles. The Morgan fingerprint density at radius 1 is 0.966 bits per heavy atom. The molecule has 1 heterocycles. The van der Waals surface area contributed by atoms with Gasteiger partial charge in [0.25, 0.3) is 0 Å². The van der Waals surface area contributed by atoms with Crippen molar-refractivity contribution in [2.45, 2.75) is 51.2 Å². The van der Waals surface area contributed by atoms with Crippen LogP contribution in [-0.4, -0.2) is 24.2 Å². The molecule has 6 rings (SSSR count). The Morgan fingerprint density at radius 2 is 1.69 bits per heavy atom. The van der Waals surface area contributed by atoms with E-state index in [0.717, 1.165) is 54.0 Å². The van der Waals surface area contributed by atoms with Crippen LogP contribution in [0.15, 0.2) is 48.7 Å². The summed E-state index contributed by atoms with van der Waals surface area (Å²) in [5.74, 6) is 5.20. The summed E-state index contributed by atoms with van der Waals surface area (Å²) in [7, 11) is 0. The van der Waals surface area contributed by atoms with Crippen molar-refractivity contribution >= 4 is 5.82 Å². The van der Waals surface area contributed by atoms with Crippen molar-refractivity contribution in [3.8, 4) is 5.75 Å². The summed E-state index contributed by atoms with van der Waals surface area (Å²) in [5, 5.41) is 3.43. The first-order chi connectivity index (χ1) is 14.3. The van der Waals surface area contributed by atoms with Gasteiger partial charge >= 0.3 is 0 Å². The smallest absolute Gasteiger partial charge is 0.168 e. The molecule has 0 saturated heterocycles. The average Bonchev–Trinajstić information content (AvgIpc) is 2.74. The van der Waals surface area contributed by atoms with E-state index in [1.54, 1.807) is 6.20 Å². The second kappa shape index (κ2) is 8.35. The molecule has 0 spiro atoms. The van der Waals surface area contributed by atoms with Gasteiger partial charge in [0.15, 0.2) is 11.6 Å². The molecule has 0 radical (unpaired) electrons. The van der Waals surface area contributed by atoms with Crippen LogP contribution < -0.4 is 10.1 Å². The van der Waals surface area contributed by atoms with Gasteiger partial charge in [-0.05, 0) is 80.4 Å². The summed E-state index contributed by atoms with van der Waals surface area (Å²) in [5.41, 5.74) is 1.16. The maximum absolute atomic E-state index is 6.40. The van der Waals surface area contributed by atoms with E-state index in [2.05, 4.69) is 29.4 Å². The molecule has 4 saturated carbocycles. The van der Waals surface area contributed by atoms with Crippen LogP contribution in [0.25, 0.3) is 0 Å². The van der Waals surface area contributed by atoms with E-state index in [1.807, 2.05) is 30.3 Å². The van der Waals surface area contributed by atoms with Gasteiger partial charge in [-0.15, -0.1) is 0 Å². The number of nitrogens with one attached hydrogen (secondary N) is 1. The third kappa shape index (κ3) is 4.13. The largest absolute Gasteiger partial charge is 0.482 e. The fourth-order valence-corrected chi connectivity index (χ4v) is 6.11. The standard InChI is InChI=1S/C25H32N2O2/c1-17(20-6-3-2-4-7-20)29-23-8-5-9-26-25(23)27-10-11-28-24-21-13-18-12-19(15-21)16-22(24)14-18/h2-9,17-19,21-22,24H,10-16H2,1H3,(H,26,27). The molecule has 4 nitrogen and oxygen atoms in total. The fraction of sp³-hybridized carbons (Fsp3) is 0.560. The molecule has 154 valence electrons. The number of aromatic nitrogens is 1. The highest BCUT2D eigenvalue weighted by molar-refractivity contribution is 5.49. The van der Waals surface area contributed by atoms with E-state index in [0.29, 0.717) is 6.10 Å². The zero-order valence-electron chi connectivity index (χ0n) is 17.3. The highest BCUT2D eigenvalue weighted by Gasteiger charge is 2.48. The van der Waals surface area contributed by atoms with Gasteiger partial charge < -0.3 is 14.8 Å². The molecule has 4 bridgehead atoms. The van der Waals surface area contributed by atoms with E-state index in [1.165, 1.54) is 32.1 Å². The fourth-order valence-electron chi connectivity index (χ4n) is 6.11. The highest BCUT2D eigenvalue weighted by Crippen LogP contribution is 2.54. The Morgan fingerprint density at radius 3 is 2.41 bits per heavy atom. The topological polar surface area (TPSA) is 43.4 Å². The number of hydrogen-bond donors (Lipinski definition) is 1. The van der Waals surface area contributed by atoms with Gasteiger partial charge in [0.2, 0.25) is 0 Å². The molecule has 4 aliphatic rings. The molecule has 2 aromatic rings. The Bertz CT molecular complexity index is 781. The first kappa shape index (κ1) is 18.9. The number of anilines is 1. The molecule has 4 aliphatic carbocycles. The van der Waals surface area contributed by atoms with E-state index in [9.17, 15) is 0 Å². The predicted octanol–water partition coefficient (Wildman–Crippen LogP) is 5.47. The molecular weight excluding hydrogens is 360 g/mol. The molecule has 1 N–H and O–H groups in total. The first-order valence-corrected chi connectivity index (χ1v) is 11.3. The van der Waals surface area contributed by atoms with Gasteiger partial charge in [0.05, 0.1) is 12.7 Å². The van der Waals surface area contributed by atoms with Crippen LogP contribution in [0.1, 0.15) is 50.7 Å². The predicted molar refractivity (Wildman–Crippen MR) is 115 cm³/mol. The highest BCUT2D eigenvalue weighted by atomic mass is 16.5. The third-order valence-corrected chi connectivity index (χ3v) is 7.19. The zero-order chi connectivity index (χ0) is 19.6. The average molecular weight is 393 g/mol. The lowest BCUT2D eigenvalue weighted by Gasteiger charge is -2.54. The molecule has 0 amide bonds. The minimum absolute atomic E-state index is 0.0229. The molecule has 29 heavy (non-hydrogen) atoms. The number of pyridine rings is 1. The summed E-state index contributed by atoms with van der Waals surface area (Å²) in [6.45, 7) is 3.56. The molecular formula is C25H32N2O2. The summed E-state index contributed by atoms with van der Waals surface area (Å²) >= 11 is 0. The van der Waals surface area contributed by atoms with Crippen molar-refractivity contribution in [1.29, 1.82) is 0 Å². The van der Waals surface area contributed by atoms with Crippen LogP contribution in [0.5, 0.6) is 5.75 Å². The van der Waals surface area contributed by atoms with E-state index < -0.39 is 0 Å². The van der Waals surface area contributed by atoms with Gasteiger partial charge in [-0.2, -0.15) is 0 Å². The number of hydrogen-bond acceptors (Lipinski definition) is 4. The molecule has 1 aromatic carbocycles. The monoisotopic (exact) mass is 392 g/mol. The van der Waals surface area contributed by atoms with Crippen molar-refractivity contribution in [1.82, 2.24) is 4.98 Å². The second-order valence-electron chi connectivity index (χ2n) is 9.21. The van der Waals surface area contributed by atoms with Crippen molar-refractivity contribution in [3.05, 3.63) is 54.2 Å². The van der Waals surface area contributed by atoms with Gasteiger partial charge in [0, 0.05) is 12.7 Å². The molecule has 1 atom stereocenters. The maximum atomic E-state index is 6.40. The lowest BCUT2D eigenvalue weighted by molar-refractivity contribution is -0.123. The summed E-state index contributed by atoms with van der Waals surface area (Å²) in [6.07, 6.45) is 9.38. The number of benzene rings is 1. The molecule has 4 heteroatoms. The van der Waals surface area contributed by atoms with E-state index in [-0.39, 0.29) is 6.10 Å². The van der Waals surface area contributed by atoms with Crippen molar-refractivity contribution in [3.63, 3.8) is 0 Å². The van der Waals surface area contributed by atoms with Gasteiger partial charge in [-0.3, -0.25) is 0 Å². The third-order valence-electron chi connectivity index (χ3n) is 7.19. The lowest BCUT2D eigenvalue weighted by atomic mass is 9.55. The Labute approximate surface area is 174 Å². The minimum Gasteiger partial charge on any atom is -0.482 e. The van der Waals surface area contributed by atoms with Crippen LogP contribution in [0, 0.1) is 23.7 Å². The molecule has 4 fully saturated rings.